The van der Waals surface area contributed by atoms with Crippen LogP contribution in [0.5, 0.6) is 5.75 Å². The Balaban J connectivity index is 1.42. The van der Waals surface area contributed by atoms with E-state index in [4.69, 9.17) is 16.3 Å². The van der Waals surface area contributed by atoms with Gasteiger partial charge in [-0.3, -0.25) is 9.48 Å². The lowest BCUT2D eigenvalue weighted by Gasteiger charge is -2.11. The number of benzene rings is 3. The van der Waals surface area contributed by atoms with E-state index >= 15 is 0 Å². The normalized spacial score (nSPS) is 10.8. The molecular formula is C27H26ClN3O2. The molecule has 0 bridgehead atoms. The third kappa shape index (κ3) is 5.82. The number of carbonyl (C=O) groups excluding carboxylic acids is 1. The number of hydrogen-bond acceptors (Lipinski definition) is 3. The molecule has 0 radical (unpaired) electrons. The van der Waals surface area contributed by atoms with Crippen molar-refractivity contribution in [3.8, 4) is 5.75 Å². The summed E-state index contributed by atoms with van der Waals surface area (Å²) in [5.74, 6) is 1.15. The van der Waals surface area contributed by atoms with Crippen molar-refractivity contribution in [2.75, 3.05) is 5.32 Å². The number of ether oxygens (including phenoxy) is 1. The molecule has 0 atom stereocenters. The fourth-order valence-electron chi connectivity index (χ4n) is 3.55. The molecule has 33 heavy (non-hydrogen) atoms. The van der Waals surface area contributed by atoms with Gasteiger partial charge in [0.25, 0.3) is 5.91 Å². The molecule has 4 aromatic rings. The van der Waals surface area contributed by atoms with Crippen molar-refractivity contribution < 1.29 is 9.53 Å². The van der Waals surface area contributed by atoms with Gasteiger partial charge in [-0.25, -0.2) is 0 Å². The van der Waals surface area contributed by atoms with Crippen LogP contribution in [0.1, 0.15) is 38.3 Å². The standard InChI is InChI=1S/C27H26ClN3O2/c1-18-10-11-19(2)25(12-18)33-17-22-7-4-8-23(14-22)27(32)29-26-13-20(3)31(30-26)16-21-6-5-9-24(28)15-21/h4-15H,16-17H2,1-3H3,(H,29,30,32). The van der Waals surface area contributed by atoms with E-state index in [1.807, 2.05) is 86.1 Å². The summed E-state index contributed by atoms with van der Waals surface area (Å²) in [5, 5.41) is 8.12. The smallest absolute Gasteiger partial charge is 0.256 e. The van der Waals surface area contributed by atoms with Crippen molar-refractivity contribution in [1.82, 2.24) is 9.78 Å². The average Bonchev–Trinajstić information content (AvgIpc) is 3.13. The van der Waals surface area contributed by atoms with E-state index < -0.39 is 0 Å². The van der Waals surface area contributed by atoms with Crippen molar-refractivity contribution in [2.45, 2.75) is 33.9 Å². The Morgan fingerprint density at radius 2 is 1.76 bits per heavy atom. The van der Waals surface area contributed by atoms with Crippen molar-refractivity contribution >= 4 is 23.3 Å². The first kappa shape index (κ1) is 22.6. The maximum Gasteiger partial charge on any atom is 0.256 e. The number of carbonyl (C=O) groups is 1. The van der Waals surface area contributed by atoms with Gasteiger partial charge in [0, 0.05) is 22.3 Å². The second kappa shape index (κ2) is 9.92. The SMILES string of the molecule is Cc1ccc(C)c(OCc2cccc(C(=O)Nc3cc(C)n(Cc4cccc(Cl)c4)n3)c2)c1. The minimum Gasteiger partial charge on any atom is -0.489 e. The van der Waals surface area contributed by atoms with Crippen molar-refractivity contribution in [3.63, 3.8) is 0 Å². The van der Waals surface area contributed by atoms with Crippen LogP contribution >= 0.6 is 11.6 Å². The molecule has 1 heterocycles. The average molecular weight is 460 g/mol. The fourth-order valence-corrected chi connectivity index (χ4v) is 3.77. The van der Waals surface area contributed by atoms with Crippen molar-refractivity contribution in [1.29, 1.82) is 0 Å². The molecule has 5 nitrogen and oxygen atoms in total. The summed E-state index contributed by atoms with van der Waals surface area (Å²) >= 11 is 6.08. The Morgan fingerprint density at radius 3 is 2.58 bits per heavy atom. The summed E-state index contributed by atoms with van der Waals surface area (Å²) in [6.07, 6.45) is 0. The number of aryl methyl sites for hydroxylation is 3. The van der Waals surface area contributed by atoms with Crippen LogP contribution in [0, 0.1) is 20.8 Å². The largest absolute Gasteiger partial charge is 0.489 e. The van der Waals surface area contributed by atoms with Gasteiger partial charge in [-0.1, -0.05) is 48.0 Å². The molecule has 0 unspecified atom stereocenters. The van der Waals surface area contributed by atoms with Crippen LogP contribution in [0.2, 0.25) is 5.02 Å². The van der Waals surface area contributed by atoms with E-state index in [-0.39, 0.29) is 5.91 Å². The highest BCUT2D eigenvalue weighted by Gasteiger charge is 2.12. The lowest BCUT2D eigenvalue weighted by Crippen LogP contribution is -2.13. The zero-order chi connectivity index (χ0) is 23.4. The van der Waals surface area contributed by atoms with E-state index in [0.717, 1.165) is 33.7 Å². The summed E-state index contributed by atoms with van der Waals surface area (Å²) < 4.78 is 7.83. The summed E-state index contributed by atoms with van der Waals surface area (Å²) in [5.41, 5.74) is 5.70. The highest BCUT2D eigenvalue weighted by Crippen LogP contribution is 2.21. The zero-order valence-corrected chi connectivity index (χ0v) is 19.7. The number of hydrogen-bond donors (Lipinski definition) is 1. The quantitative estimate of drug-likeness (QED) is 0.350. The molecule has 1 N–H and O–H groups in total. The maximum absolute atomic E-state index is 12.8. The van der Waals surface area contributed by atoms with Gasteiger partial charge >= 0.3 is 0 Å². The monoisotopic (exact) mass is 459 g/mol. The molecule has 0 aliphatic heterocycles. The Morgan fingerprint density at radius 1 is 0.970 bits per heavy atom. The summed E-state index contributed by atoms with van der Waals surface area (Å²) in [6.45, 7) is 6.98. The molecule has 168 valence electrons. The Labute approximate surface area is 199 Å². The molecule has 0 fully saturated rings. The first-order valence-electron chi connectivity index (χ1n) is 10.8. The molecule has 0 aliphatic rings. The van der Waals surface area contributed by atoms with Gasteiger partial charge in [-0.15, -0.1) is 0 Å². The summed E-state index contributed by atoms with van der Waals surface area (Å²) in [6, 6.07) is 23.1. The van der Waals surface area contributed by atoms with Crippen LogP contribution in [0.3, 0.4) is 0 Å². The van der Waals surface area contributed by atoms with E-state index in [0.29, 0.717) is 29.6 Å². The van der Waals surface area contributed by atoms with Gasteiger partial charge in [0.2, 0.25) is 0 Å². The summed E-state index contributed by atoms with van der Waals surface area (Å²) in [7, 11) is 0. The number of amides is 1. The van der Waals surface area contributed by atoms with Gasteiger partial charge < -0.3 is 10.1 Å². The predicted molar refractivity (Wildman–Crippen MR) is 132 cm³/mol. The summed E-state index contributed by atoms with van der Waals surface area (Å²) in [4.78, 5) is 12.8. The van der Waals surface area contributed by atoms with E-state index in [9.17, 15) is 4.79 Å². The van der Waals surface area contributed by atoms with Crippen LogP contribution in [0.4, 0.5) is 5.82 Å². The van der Waals surface area contributed by atoms with E-state index in [1.54, 1.807) is 6.07 Å². The lowest BCUT2D eigenvalue weighted by atomic mass is 10.1. The second-order valence-electron chi connectivity index (χ2n) is 8.17. The van der Waals surface area contributed by atoms with Crippen molar-refractivity contribution in [3.05, 3.63) is 111 Å². The van der Waals surface area contributed by atoms with Crippen LogP contribution in [-0.4, -0.2) is 15.7 Å². The number of nitrogens with zero attached hydrogens (tertiary/aromatic N) is 2. The molecule has 1 amide bonds. The molecule has 0 saturated heterocycles. The molecule has 0 spiro atoms. The third-order valence-electron chi connectivity index (χ3n) is 5.37. The fraction of sp³-hybridized carbons (Fsp3) is 0.185. The second-order valence-corrected chi connectivity index (χ2v) is 8.61. The Hall–Kier alpha value is -3.57. The van der Waals surface area contributed by atoms with Crippen LogP contribution in [-0.2, 0) is 13.2 Å². The molecule has 0 aliphatic carbocycles. The third-order valence-corrected chi connectivity index (χ3v) is 5.61. The molecule has 6 heteroatoms. The zero-order valence-electron chi connectivity index (χ0n) is 18.9. The van der Waals surface area contributed by atoms with Gasteiger partial charge in [0.1, 0.15) is 12.4 Å². The van der Waals surface area contributed by atoms with Crippen molar-refractivity contribution in [2.24, 2.45) is 0 Å². The Bertz CT molecular complexity index is 1300. The first-order chi connectivity index (χ1) is 15.9. The number of nitrogens with one attached hydrogen (secondary N) is 1. The highest BCUT2D eigenvalue weighted by molar-refractivity contribution is 6.30. The first-order valence-corrected chi connectivity index (χ1v) is 11.1. The predicted octanol–water partition coefficient (Wildman–Crippen LogP) is 6.34. The molecule has 3 aromatic carbocycles. The van der Waals surface area contributed by atoms with E-state index in [2.05, 4.69) is 16.5 Å². The topological polar surface area (TPSA) is 56.1 Å². The molecular weight excluding hydrogens is 434 g/mol. The molecule has 1 aromatic heterocycles. The number of anilines is 1. The van der Waals surface area contributed by atoms with Crippen LogP contribution in [0.15, 0.2) is 72.8 Å². The highest BCUT2D eigenvalue weighted by atomic mass is 35.5. The van der Waals surface area contributed by atoms with Gasteiger partial charge in [0.15, 0.2) is 5.82 Å². The van der Waals surface area contributed by atoms with Crippen LogP contribution < -0.4 is 10.1 Å². The molecule has 4 rings (SSSR count). The van der Waals surface area contributed by atoms with Gasteiger partial charge in [-0.05, 0) is 73.4 Å². The van der Waals surface area contributed by atoms with E-state index in [1.165, 1.54) is 0 Å². The minimum atomic E-state index is -0.212. The van der Waals surface area contributed by atoms with Crippen LogP contribution in [0.25, 0.3) is 0 Å². The number of halogens is 1. The number of aromatic nitrogens is 2. The van der Waals surface area contributed by atoms with Gasteiger partial charge in [0.05, 0.1) is 6.54 Å². The lowest BCUT2D eigenvalue weighted by molar-refractivity contribution is 0.102. The maximum atomic E-state index is 12.8. The Kier molecular flexibility index (Phi) is 6.80. The minimum absolute atomic E-state index is 0.212. The number of rotatable bonds is 7. The molecule has 0 saturated carbocycles. The van der Waals surface area contributed by atoms with Gasteiger partial charge in [-0.2, -0.15) is 5.10 Å².